The van der Waals surface area contributed by atoms with Crippen molar-refractivity contribution in [3.05, 3.63) is 0 Å². The van der Waals surface area contributed by atoms with E-state index in [1.165, 1.54) is 6.42 Å². The van der Waals surface area contributed by atoms with Crippen molar-refractivity contribution in [3.63, 3.8) is 0 Å². The largest absolute Gasteiger partial charge is 0.355 e. The second-order valence-corrected chi connectivity index (χ2v) is 7.55. The van der Waals surface area contributed by atoms with Gasteiger partial charge in [0.1, 0.15) is 0 Å². The third kappa shape index (κ3) is 9.82. The normalized spacial score (nSPS) is 14.4. The first-order valence-corrected chi connectivity index (χ1v) is 9.05. The standard InChI is InChI=1S/C18H41N5/c1-14(2)12-17(22(8)9)13-21-18(19-7)20-10-11-23(15(3)4)16(5)6/h14-17H,10-13H2,1-9H3,(H2,19,20,21). The molecule has 0 aliphatic rings. The van der Waals surface area contributed by atoms with Crippen LogP contribution >= 0.6 is 0 Å². The first kappa shape index (κ1) is 22.2. The van der Waals surface area contributed by atoms with Gasteiger partial charge in [-0.25, -0.2) is 0 Å². The van der Waals surface area contributed by atoms with Crippen molar-refractivity contribution in [2.75, 3.05) is 40.8 Å². The number of nitrogens with zero attached hydrogens (tertiary/aromatic N) is 3. The van der Waals surface area contributed by atoms with Crippen LogP contribution in [0, 0.1) is 5.92 Å². The van der Waals surface area contributed by atoms with Crippen LogP contribution in [0.1, 0.15) is 48.0 Å². The molecule has 0 rings (SSSR count). The molecule has 0 aromatic rings. The molecule has 0 saturated carbocycles. The molecular weight excluding hydrogens is 286 g/mol. The predicted molar refractivity (Wildman–Crippen MR) is 103 cm³/mol. The summed E-state index contributed by atoms with van der Waals surface area (Å²) in [7, 11) is 6.13. The summed E-state index contributed by atoms with van der Waals surface area (Å²) in [5.74, 6) is 1.60. The lowest BCUT2D eigenvalue weighted by Crippen LogP contribution is -2.48. The van der Waals surface area contributed by atoms with Gasteiger partial charge in [-0.15, -0.1) is 0 Å². The summed E-state index contributed by atoms with van der Waals surface area (Å²) in [4.78, 5) is 9.12. The molecule has 0 aliphatic carbocycles. The summed E-state index contributed by atoms with van der Waals surface area (Å²) in [5, 5.41) is 6.90. The molecule has 1 atom stereocenters. The maximum Gasteiger partial charge on any atom is 0.191 e. The molecule has 0 heterocycles. The fourth-order valence-electron chi connectivity index (χ4n) is 2.87. The SMILES string of the molecule is CN=C(NCCN(C(C)C)C(C)C)NCC(CC(C)C)N(C)C. The van der Waals surface area contributed by atoms with E-state index in [2.05, 4.69) is 81.1 Å². The van der Waals surface area contributed by atoms with Gasteiger partial charge >= 0.3 is 0 Å². The van der Waals surface area contributed by atoms with Gasteiger partial charge in [0.2, 0.25) is 0 Å². The number of hydrogen-bond donors (Lipinski definition) is 2. The van der Waals surface area contributed by atoms with Gasteiger partial charge in [-0.2, -0.15) is 0 Å². The summed E-state index contributed by atoms with van der Waals surface area (Å²) in [6.45, 7) is 16.4. The summed E-state index contributed by atoms with van der Waals surface area (Å²) < 4.78 is 0. The quantitative estimate of drug-likeness (QED) is 0.477. The zero-order chi connectivity index (χ0) is 18.0. The van der Waals surface area contributed by atoms with Gasteiger partial charge in [-0.1, -0.05) is 13.8 Å². The highest BCUT2D eigenvalue weighted by Crippen LogP contribution is 2.08. The lowest BCUT2D eigenvalue weighted by atomic mass is 10.0. The van der Waals surface area contributed by atoms with E-state index in [0.29, 0.717) is 24.0 Å². The lowest BCUT2D eigenvalue weighted by molar-refractivity contribution is 0.178. The van der Waals surface area contributed by atoms with Crippen LogP contribution in [0.4, 0.5) is 0 Å². The van der Waals surface area contributed by atoms with Crippen molar-refractivity contribution in [2.24, 2.45) is 10.9 Å². The Morgan fingerprint density at radius 1 is 0.957 bits per heavy atom. The van der Waals surface area contributed by atoms with Crippen LogP contribution in [-0.4, -0.2) is 74.7 Å². The number of hydrogen-bond acceptors (Lipinski definition) is 3. The Bertz CT molecular complexity index is 315. The molecule has 1 unspecified atom stereocenters. The monoisotopic (exact) mass is 327 g/mol. The molecule has 0 radical (unpaired) electrons. The second-order valence-electron chi connectivity index (χ2n) is 7.55. The topological polar surface area (TPSA) is 42.9 Å². The summed E-state index contributed by atoms with van der Waals surface area (Å²) in [6.07, 6.45) is 1.19. The van der Waals surface area contributed by atoms with Gasteiger partial charge in [0.05, 0.1) is 0 Å². The van der Waals surface area contributed by atoms with E-state index < -0.39 is 0 Å². The molecule has 0 bridgehead atoms. The molecule has 0 aromatic carbocycles. The van der Waals surface area contributed by atoms with Crippen molar-refractivity contribution < 1.29 is 0 Å². The Hall–Kier alpha value is -0.810. The average molecular weight is 328 g/mol. The second kappa shape index (κ2) is 11.7. The maximum atomic E-state index is 4.34. The molecule has 23 heavy (non-hydrogen) atoms. The van der Waals surface area contributed by atoms with Crippen LogP contribution in [0.2, 0.25) is 0 Å². The maximum absolute atomic E-state index is 4.34. The predicted octanol–water partition coefficient (Wildman–Crippen LogP) is 2.25. The number of aliphatic imine (C=N–C) groups is 1. The van der Waals surface area contributed by atoms with Crippen molar-refractivity contribution in [3.8, 4) is 0 Å². The van der Waals surface area contributed by atoms with E-state index in [0.717, 1.165) is 25.6 Å². The molecule has 5 nitrogen and oxygen atoms in total. The fraction of sp³-hybridized carbons (Fsp3) is 0.944. The molecule has 2 N–H and O–H groups in total. The van der Waals surface area contributed by atoms with Crippen LogP contribution in [0.25, 0.3) is 0 Å². The minimum atomic E-state index is 0.524. The zero-order valence-electron chi connectivity index (χ0n) is 17.0. The molecule has 0 fully saturated rings. The molecule has 0 aromatic heterocycles. The Balaban J connectivity index is 4.30. The molecule has 5 heteroatoms. The van der Waals surface area contributed by atoms with Gasteiger partial charge in [-0.3, -0.25) is 9.89 Å². The van der Waals surface area contributed by atoms with E-state index >= 15 is 0 Å². The van der Waals surface area contributed by atoms with Gasteiger partial charge < -0.3 is 15.5 Å². The highest BCUT2D eigenvalue weighted by molar-refractivity contribution is 5.79. The van der Waals surface area contributed by atoms with E-state index in [4.69, 9.17) is 0 Å². The van der Waals surface area contributed by atoms with E-state index in [1.807, 2.05) is 7.05 Å². The highest BCUT2D eigenvalue weighted by atomic mass is 15.2. The van der Waals surface area contributed by atoms with E-state index in [-0.39, 0.29) is 0 Å². The fourth-order valence-corrected chi connectivity index (χ4v) is 2.87. The summed E-state index contributed by atoms with van der Waals surface area (Å²) >= 11 is 0. The van der Waals surface area contributed by atoms with Crippen LogP contribution in [0.5, 0.6) is 0 Å². The number of nitrogens with one attached hydrogen (secondary N) is 2. The Labute approximate surface area is 144 Å². The van der Waals surface area contributed by atoms with Crippen molar-refractivity contribution in [2.45, 2.75) is 66.1 Å². The van der Waals surface area contributed by atoms with Crippen molar-refractivity contribution >= 4 is 5.96 Å². The first-order chi connectivity index (χ1) is 10.7. The van der Waals surface area contributed by atoms with Crippen LogP contribution in [0.3, 0.4) is 0 Å². The Kier molecular flexibility index (Phi) is 11.3. The molecule has 138 valence electrons. The molecule has 0 spiro atoms. The number of guanidine groups is 1. The minimum Gasteiger partial charge on any atom is -0.355 e. The van der Waals surface area contributed by atoms with Crippen LogP contribution in [-0.2, 0) is 0 Å². The number of likely N-dealkylation sites (N-methyl/N-ethyl adjacent to an activating group) is 1. The first-order valence-electron chi connectivity index (χ1n) is 9.05. The Morgan fingerprint density at radius 3 is 1.91 bits per heavy atom. The average Bonchev–Trinajstić information content (AvgIpc) is 2.43. The number of rotatable bonds is 10. The molecule has 0 aliphatic heterocycles. The van der Waals surface area contributed by atoms with Crippen molar-refractivity contribution in [1.29, 1.82) is 0 Å². The summed E-state index contributed by atoms with van der Waals surface area (Å²) in [5.41, 5.74) is 0. The summed E-state index contributed by atoms with van der Waals surface area (Å²) in [6, 6.07) is 1.66. The minimum absolute atomic E-state index is 0.524. The Morgan fingerprint density at radius 2 is 1.52 bits per heavy atom. The van der Waals surface area contributed by atoms with E-state index in [9.17, 15) is 0 Å². The van der Waals surface area contributed by atoms with E-state index in [1.54, 1.807) is 0 Å². The smallest absolute Gasteiger partial charge is 0.191 e. The van der Waals surface area contributed by atoms with Gasteiger partial charge in [0.15, 0.2) is 5.96 Å². The third-order valence-corrected chi connectivity index (χ3v) is 4.19. The highest BCUT2D eigenvalue weighted by Gasteiger charge is 2.15. The van der Waals surface area contributed by atoms with Gasteiger partial charge in [0, 0.05) is 44.8 Å². The molecule has 0 saturated heterocycles. The van der Waals surface area contributed by atoms with Crippen LogP contribution < -0.4 is 10.6 Å². The lowest BCUT2D eigenvalue weighted by Gasteiger charge is -2.31. The molecule has 0 amide bonds. The van der Waals surface area contributed by atoms with Gasteiger partial charge in [0.25, 0.3) is 0 Å². The molecular formula is C18H41N5. The van der Waals surface area contributed by atoms with Crippen molar-refractivity contribution in [1.82, 2.24) is 20.4 Å². The van der Waals surface area contributed by atoms with Gasteiger partial charge in [-0.05, 0) is 54.1 Å². The van der Waals surface area contributed by atoms with Crippen LogP contribution in [0.15, 0.2) is 4.99 Å². The third-order valence-electron chi connectivity index (χ3n) is 4.19. The zero-order valence-corrected chi connectivity index (χ0v) is 17.0.